The Morgan fingerprint density at radius 3 is 2.76 bits per heavy atom. The van der Waals surface area contributed by atoms with Crippen molar-refractivity contribution in [1.29, 1.82) is 0 Å². The van der Waals surface area contributed by atoms with Gasteiger partial charge in [-0.2, -0.15) is 0 Å². The Morgan fingerprint density at radius 1 is 1.29 bits per heavy atom. The SMILES string of the molecule is CNC(C1=CCCCC1)c1cc(C)ccc1Br. The zero-order chi connectivity index (χ0) is 12.3. The number of rotatable bonds is 3. The summed E-state index contributed by atoms with van der Waals surface area (Å²) >= 11 is 3.67. The fourth-order valence-corrected chi connectivity index (χ4v) is 3.03. The lowest BCUT2D eigenvalue weighted by molar-refractivity contribution is 0.591. The molecule has 1 unspecified atom stereocenters. The third kappa shape index (κ3) is 2.99. The highest BCUT2D eigenvalue weighted by atomic mass is 79.9. The van der Waals surface area contributed by atoms with E-state index in [0.29, 0.717) is 6.04 Å². The molecular formula is C15H20BrN. The average molecular weight is 294 g/mol. The van der Waals surface area contributed by atoms with Crippen LogP contribution in [0, 0.1) is 6.92 Å². The highest BCUT2D eigenvalue weighted by Gasteiger charge is 2.18. The predicted molar refractivity (Wildman–Crippen MR) is 77.2 cm³/mol. The van der Waals surface area contributed by atoms with Gasteiger partial charge in [-0.25, -0.2) is 0 Å². The van der Waals surface area contributed by atoms with E-state index in [1.165, 1.54) is 41.3 Å². The summed E-state index contributed by atoms with van der Waals surface area (Å²) in [5.74, 6) is 0. The van der Waals surface area contributed by atoms with Crippen LogP contribution in [0.15, 0.2) is 34.3 Å². The van der Waals surface area contributed by atoms with Gasteiger partial charge in [-0.3, -0.25) is 0 Å². The van der Waals surface area contributed by atoms with E-state index in [1.54, 1.807) is 5.57 Å². The van der Waals surface area contributed by atoms with Crippen LogP contribution in [0.5, 0.6) is 0 Å². The lowest BCUT2D eigenvalue weighted by atomic mass is 9.89. The molecule has 2 heteroatoms. The molecule has 1 aromatic rings. The molecule has 0 saturated heterocycles. The summed E-state index contributed by atoms with van der Waals surface area (Å²) in [7, 11) is 2.05. The Morgan fingerprint density at radius 2 is 2.12 bits per heavy atom. The van der Waals surface area contributed by atoms with Crippen molar-refractivity contribution in [2.75, 3.05) is 7.05 Å². The van der Waals surface area contributed by atoms with E-state index < -0.39 is 0 Å². The molecule has 1 aromatic carbocycles. The first kappa shape index (κ1) is 12.8. The van der Waals surface area contributed by atoms with E-state index in [-0.39, 0.29) is 0 Å². The molecule has 1 atom stereocenters. The molecule has 0 bridgehead atoms. The van der Waals surface area contributed by atoms with E-state index in [4.69, 9.17) is 0 Å². The summed E-state index contributed by atoms with van der Waals surface area (Å²) in [6, 6.07) is 6.94. The zero-order valence-electron chi connectivity index (χ0n) is 10.6. The standard InChI is InChI=1S/C15H20BrN/c1-11-8-9-14(16)13(10-11)15(17-2)12-6-4-3-5-7-12/h6,8-10,15,17H,3-5,7H2,1-2H3. The van der Waals surface area contributed by atoms with Crippen molar-refractivity contribution in [3.63, 3.8) is 0 Å². The number of aryl methyl sites for hydroxylation is 1. The molecule has 1 nitrogen and oxygen atoms in total. The van der Waals surface area contributed by atoms with Crippen LogP contribution in [-0.4, -0.2) is 7.05 Å². The molecule has 0 amide bonds. The monoisotopic (exact) mass is 293 g/mol. The predicted octanol–water partition coefficient (Wildman–Crippen LogP) is 4.52. The number of hydrogen-bond donors (Lipinski definition) is 1. The van der Waals surface area contributed by atoms with Gasteiger partial charge in [-0.1, -0.05) is 45.3 Å². The summed E-state index contributed by atoms with van der Waals surface area (Å²) in [5.41, 5.74) is 4.23. The summed E-state index contributed by atoms with van der Waals surface area (Å²) in [6.45, 7) is 2.15. The van der Waals surface area contributed by atoms with Crippen molar-refractivity contribution >= 4 is 15.9 Å². The molecule has 0 aromatic heterocycles. The van der Waals surface area contributed by atoms with E-state index >= 15 is 0 Å². The van der Waals surface area contributed by atoms with Gasteiger partial charge < -0.3 is 5.32 Å². The Balaban J connectivity index is 2.34. The minimum Gasteiger partial charge on any atom is -0.310 e. The molecule has 0 heterocycles. The van der Waals surface area contributed by atoms with Gasteiger partial charge in [-0.15, -0.1) is 0 Å². The lowest BCUT2D eigenvalue weighted by Gasteiger charge is -2.24. The fourth-order valence-electron chi connectivity index (χ4n) is 2.55. The topological polar surface area (TPSA) is 12.0 Å². The van der Waals surface area contributed by atoms with Gasteiger partial charge in [-0.05, 0) is 51.3 Å². The summed E-state index contributed by atoms with van der Waals surface area (Å²) in [6.07, 6.45) is 7.55. The Bertz CT molecular complexity index is 423. The van der Waals surface area contributed by atoms with Crippen LogP contribution >= 0.6 is 15.9 Å². The maximum absolute atomic E-state index is 3.67. The minimum absolute atomic E-state index is 0.365. The third-order valence-corrected chi connectivity index (χ3v) is 4.17. The largest absolute Gasteiger partial charge is 0.310 e. The van der Waals surface area contributed by atoms with Crippen molar-refractivity contribution in [3.05, 3.63) is 45.4 Å². The van der Waals surface area contributed by atoms with Gasteiger partial charge in [0.05, 0.1) is 6.04 Å². The van der Waals surface area contributed by atoms with Crippen molar-refractivity contribution in [1.82, 2.24) is 5.32 Å². The molecule has 1 N–H and O–H groups in total. The maximum Gasteiger partial charge on any atom is 0.0544 e. The van der Waals surface area contributed by atoms with Crippen LogP contribution in [0.25, 0.3) is 0 Å². The highest BCUT2D eigenvalue weighted by molar-refractivity contribution is 9.10. The summed E-state index contributed by atoms with van der Waals surface area (Å²) in [5, 5.41) is 3.46. The van der Waals surface area contributed by atoms with Crippen molar-refractivity contribution in [2.45, 2.75) is 38.6 Å². The summed E-state index contributed by atoms with van der Waals surface area (Å²) < 4.78 is 1.20. The van der Waals surface area contributed by atoms with Crippen LogP contribution in [0.2, 0.25) is 0 Å². The van der Waals surface area contributed by atoms with E-state index in [0.717, 1.165) is 0 Å². The van der Waals surface area contributed by atoms with Crippen molar-refractivity contribution < 1.29 is 0 Å². The number of halogens is 1. The first-order valence-electron chi connectivity index (χ1n) is 6.34. The number of nitrogens with one attached hydrogen (secondary N) is 1. The smallest absolute Gasteiger partial charge is 0.0544 e. The van der Waals surface area contributed by atoms with Gasteiger partial charge in [0.1, 0.15) is 0 Å². The Hall–Kier alpha value is -0.600. The van der Waals surface area contributed by atoms with Gasteiger partial charge in [0.2, 0.25) is 0 Å². The molecule has 1 aliphatic carbocycles. The quantitative estimate of drug-likeness (QED) is 0.808. The minimum atomic E-state index is 0.365. The molecule has 1 aliphatic rings. The van der Waals surface area contributed by atoms with Crippen LogP contribution in [0.4, 0.5) is 0 Å². The number of likely N-dealkylation sites (N-methyl/N-ethyl adjacent to an activating group) is 1. The number of allylic oxidation sites excluding steroid dienone is 1. The summed E-state index contributed by atoms with van der Waals surface area (Å²) in [4.78, 5) is 0. The molecule has 0 saturated carbocycles. The first-order chi connectivity index (χ1) is 8.22. The molecule has 2 rings (SSSR count). The van der Waals surface area contributed by atoms with Gasteiger partial charge in [0.15, 0.2) is 0 Å². The number of hydrogen-bond acceptors (Lipinski definition) is 1. The first-order valence-corrected chi connectivity index (χ1v) is 7.14. The average Bonchev–Trinajstić information content (AvgIpc) is 2.36. The second-order valence-electron chi connectivity index (χ2n) is 4.77. The molecule has 0 aliphatic heterocycles. The van der Waals surface area contributed by atoms with Crippen molar-refractivity contribution in [2.24, 2.45) is 0 Å². The second kappa shape index (κ2) is 5.83. The van der Waals surface area contributed by atoms with Gasteiger partial charge in [0.25, 0.3) is 0 Å². The van der Waals surface area contributed by atoms with Gasteiger partial charge >= 0.3 is 0 Å². The second-order valence-corrected chi connectivity index (χ2v) is 5.63. The zero-order valence-corrected chi connectivity index (χ0v) is 12.2. The Kier molecular flexibility index (Phi) is 4.41. The maximum atomic E-state index is 3.67. The molecule has 92 valence electrons. The molecular weight excluding hydrogens is 274 g/mol. The molecule has 0 spiro atoms. The van der Waals surface area contributed by atoms with Crippen LogP contribution in [0.1, 0.15) is 42.9 Å². The third-order valence-electron chi connectivity index (χ3n) is 3.45. The highest BCUT2D eigenvalue weighted by Crippen LogP contribution is 2.33. The van der Waals surface area contributed by atoms with E-state index in [9.17, 15) is 0 Å². The van der Waals surface area contributed by atoms with E-state index in [2.05, 4.69) is 59.5 Å². The molecule has 0 radical (unpaired) electrons. The van der Waals surface area contributed by atoms with Gasteiger partial charge in [0, 0.05) is 4.47 Å². The van der Waals surface area contributed by atoms with Crippen molar-refractivity contribution in [3.8, 4) is 0 Å². The molecule has 17 heavy (non-hydrogen) atoms. The fraction of sp³-hybridized carbons (Fsp3) is 0.467. The molecule has 0 fully saturated rings. The normalized spacial score (nSPS) is 17.7. The van der Waals surface area contributed by atoms with Crippen LogP contribution < -0.4 is 5.32 Å². The van der Waals surface area contributed by atoms with Crippen LogP contribution in [-0.2, 0) is 0 Å². The number of benzene rings is 1. The van der Waals surface area contributed by atoms with E-state index in [1.807, 2.05) is 0 Å². The lowest BCUT2D eigenvalue weighted by Crippen LogP contribution is -2.20. The van der Waals surface area contributed by atoms with Crippen LogP contribution in [0.3, 0.4) is 0 Å². The Labute approximate surface area is 112 Å².